The molecule has 0 aliphatic carbocycles. The largest absolute Gasteiger partial charge is 0.444 e. The number of benzene rings is 2. The van der Waals surface area contributed by atoms with Crippen LogP contribution in [0.3, 0.4) is 0 Å². The highest BCUT2D eigenvalue weighted by Crippen LogP contribution is 2.30. The van der Waals surface area contributed by atoms with Crippen LogP contribution in [0.5, 0.6) is 0 Å². The number of nitrogens with zero attached hydrogens (tertiary/aromatic N) is 4. The smallest absolute Gasteiger partial charge is 0.412 e. The summed E-state index contributed by atoms with van der Waals surface area (Å²) >= 11 is 0. The number of carbonyl (C=O) groups is 2. The van der Waals surface area contributed by atoms with Crippen LogP contribution in [-0.4, -0.2) is 38.0 Å². The maximum absolute atomic E-state index is 12.5. The molecule has 2 amide bonds. The Morgan fingerprint density at radius 2 is 1.39 bits per heavy atom. The van der Waals surface area contributed by atoms with Crippen LogP contribution in [0, 0.1) is 5.41 Å². The fraction of sp³-hybridized carbons (Fsp3) is 0.333. The molecule has 2 aromatic carbocycles. The van der Waals surface area contributed by atoms with Crippen LogP contribution in [0.15, 0.2) is 48.5 Å². The Bertz CT molecular complexity index is 1130. The van der Waals surface area contributed by atoms with Crippen LogP contribution >= 0.6 is 0 Å². The van der Waals surface area contributed by atoms with E-state index in [1.54, 1.807) is 39.0 Å². The van der Waals surface area contributed by atoms with Crippen molar-refractivity contribution in [1.29, 1.82) is 0 Å². The van der Waals surface area contributed by atoms with Gasteiger partial charge in [-0.05, 0) is 39.0 Å². The zero-order valence-corrected chi connectivity index (χ0v) is 19.6. The van der Waals surface area contributed by atoms with Gasteiger partial charge < -0.3 is 10.1 Å². The summed E-state index contributed by atoms with van der Waals surface area (Å²) < 4.78 is 5.38. The van der Waals surface area contributed by atoms with Crippen molar-refractivity contribution in [3.8, 4) is 22.8 Å². The Morgan fingerprint density at radius 3 is 1.97 bits per heavy atom. The Balaban J connectivity index is 1.95. The zero-order valence-electron chi connectivity index (χ0n) is 19.6. The molecule has 172 valence electrons. The van der Waals surface area contributed by atoms with Gasteiger partial charge in [-0.2, -0.15) is 0 Å². The third-order valence-electron chi connectivity index (χ3n) is 4.35. The molecule has 33 heavy (non-hydrogen) atoms. The van der Waals surface area contributed by atoms with Crippen LogP contribution in [-0.2, 0) is 9.53 Å². The molecule has 0 atom stereocenters. The van der Waals surface area contributed by atoms with E-state index in [1.807, 2.05) is 51.1 Å². The van der Waals surface area contributed by atoms with Crippen molar-refractivity contribution in [2.24, 2.45) is 5.41 Å². The summed E-state index contributed by atoms with van der Waals surface area (Å²) in [4.78, 5) is 24.9. The quantitative estimate of drug-likeness (QED) is 0.580. The maximum atomic E-state index is 12.5. The lowest BCUT2D eigenvalue weighted by atomic mass is 9.95. The van der Waals surface area contributed by atoms with Crippen LogP contribution in [0.4, 0.5) is 16.2 Å². The minimum atomic E-state index is -0.681. The van der Waals surface area contributed by atoms with E-state index >= 15 is 0 Å². The molecular weight excluding hydrogens is 420 g/mol. The maximum Gasteiger partial charge on any atom is 0.412 e. The highest BCUT2D eigenvalue weighted by molar-refractivity contribution is 5.97. The van der Waals surface area contributed by atoms with Gasteiger partial charge in [0.05, 0.1) is 5.69 Å². The molecule has 0 saturated heterocycles. The standard InChI is InChI=1S/C24H28N6O3/c1-23(2,3)21(31)25-16-12-13-17(18(14-16)26-22(32)33-24(4,5)6)20-29-27-19(28-30-20)15-10-8-7-9-11-15/h7-14H,1-6H3,(H,25,31)(H,26,32). The van der Waals surface area contributed by atoms with Crippen LogP contribution in [0.2, 0.25) is 0 Å². The summed E-state index contributed by atoms with van der Waals surface area (Å²) in [5.41, 5.74) is 0.866. The van der Waals surface area contributed by atoms with E-state index in [0.717, 1.165) is 5.56 Å². The van der Waals surface area contributed by atoms with Gasteiger partial charge >= 0.3 is 6.09 Å². The molecule has 0 aliphatic heterocycles. The molecule has 2 N–H and O–H groups in total. The molecule has 9 nitrogen and oxygen atoms in total. The lowest BCUT2D eigenvalue weighted by molar-refractivity contribution is -0.123. The molecule has 0 saturated carbocycles. The van der Waals surface area contributed by atoms with Gasteiger partial charge in [0.25, 0.3) is 0 Å². The second-order valence-corrected chi connectivity index (χ2v) is 9.50. The SMILES string of the molecule is CC(C)(C)OC(=O)Nc1cc(NC(=O)C(C)(C)C)ccc1-c1nnc(-c2ccccc2)nn1. The molecule has 1 aromatic heterocycles. The van der Waals surface area contributed by atoms with Gasteiger partial charge in [-0.15, -0.1) is 20.4 Å². The number of nitrogens with one attached hydrogen (secondary N) is 2. The van der Waals surface area contributed by atoms with Gasteiger partial charge in [-0.3, -0.25) is 10.1 Å². The molecule has 1 heterocycles. The number of rotatable bonds is 4. The van der Waals surface area contributed by atoms with Gasteiger partial charge in [0, 0.05) is 22.2 Å². The molecule has 0 radical (unpaired) electrons. The lowest BCUT2D eigenvalue weighted by Gasteiger charge is -2.21. The molecule has 0 fully saturated rings. The van der Waals surface area contributed by atoms with E-state index in [-0.39, 0.29) is 11.7 Å². The number of aromatic nitrogens is 4. The highest BCUT2D eigenvalue weighted by atomic mass is 16.6. The van der Waals surface area contributed by atoms with Crippen molar-refractivity contribution in [3.63, 3.8) is 0 Å². The normalized spacial score (nSPS) is 11.6. The first-order valence-electron chi connectivity index (χ1n) is 10.5. The number of ether oxygens (including phenoxy) is 1. The zero-order chi connectivity index (χ0) is 24.2. The monoisotopic (exact) mass is 448 g/mol. The molecule has 0 spiro atoms. The van der Waals surface area contributed by atoms with E-state index in [2.05, 4.69) is 31.0 Å². The molecule has 0 bridgehead atoms. The Hall–Kier alpha value is -3.88. The minimum Gasteiger partial charge on any atom is -0.444 e. The van der Waals surface area contributed by atoms with Crippen molar-refractivity contribution in [1.82, 2.24) is 20.4 Å². The summed E-state index contributed by atoms with van der Waals surface area (Å²) in [6, 6.07) is 14.4. The predicted octanol–water partition coefficient (Wildman–Crippen LogP) is 4.93. The highest BCUT2D eigenvalue weighted by Gasteiger charge is 2.23. The Labute approximate surface area is 193 Å². The number of hydrogen-bond donors (Lipinski definition) is 2. The van der Waals surface area contributed by atoms with Gasteiger partial charge in [0.15, 0.2) is 0 Å². The molecule has 3 aromatic rings. The number of amides is 2. The Morgan fingerprint density at radius 1 is 0.788 bits per heavy atom. The van der Waals surface area contributed by atoms with Crippen LogP contribution in [0.1, 0.15) is 41.5 Å². The summed E-state index contributed by atoms with van der Waals surface area (Å²) in [6.07, 6.45) is -0.648. The van der Waals surface area contributed by atoms with Gasteiger partial charge in [-0.1, -0.05) is 51.1 Å². The van der Waals surface area contributed by atoms with Gasteiger partial charge in [-0.25, -0.2) is 4.79 Å². The van der Waals surface area contributed by atoms with Gasteiger partial charge in [0.2, 0.25) is 17.6 Å². The van der Waals surface area contributed by atoms with E-state index in [1.165, 1.54) is 0 Å². The third kappa shape index (κ3) is 6.55. The molecule has 0 aliphatic rings. The average molecular weight is 449 g/mol. The summed E-state index contributed by atoms with van der Waals surface area (Å²) in [5, 5.41) is 22.3. The van der Waals surface area contributed by atoms with Crippen molar-refractivity contribution in [2.75, 3.05) is 10.6 Å². The van der Waals surface area contributed by atoms with Crippen molar-refractivity contribution in [2.45, 2.75) is 47.1 Å². The second kappa shape index (κ2) is 9.32. The average Bonchev–Trinajstić information content (AvgIpc) is 2.73. The van der Waals surface area contributed by atoms with E-state index in [0.29, 0.717) is 22.8 Å². The predicted molar refractivity (Wildman–Crippen MR) is 126 cm³/mol. The fourth-order valence-corrected chi connectivity index (χ4v) is 2.69. The fourth-order valence-electron chi connectivity index (χ4n) is 2.69. The van der Waals surface area contributed by atoms with Crippen molar-refractivity contribution >= 4 is 23.4 Å². The van der Waals surface area contributed by atoms with E-state index in [9.17, 15) is 9.59 Å². The molecule has 9 heteroatoms. The first kappa shape index (κ1) is 23.8. The van der Waals surface area contributed by atoms with Crippen molar-refractivity contribution in [3.05, 3.63) is 48.5 Å². The Kier molecular flexibility index (Phi) is 6.71. The second-order valence-electron chi connectivity index (χ2n) is 9.50. The van der Waals surface area contributed by atoms with E-state index < -0.39 is 17.1 Å². The number of anilines is 2. The summed E-state index contributed by atoms with van der Waals surface area (Å²) in [6.45, 7) is 10.8. The third-order valence-corrected chi connectivity index (χ3v) is 4.35. The van der Waals surface area contributed by atoms with Crippen LogP contribution < -0.4 is 10.6 Å². The number of carbonyl (C=O) groups excluding carboxylic acids is 2. The summed E-state index contributed by atoms with van der Waals surface area (Å²) in [7, 11) is 0. The molecule has 0 unspecified atom stereocenters. The molecular formula is C24H28N6O3. The topological polar surface area (TPSA) is 119 Å². The summed E-state index contributed by atoms with van der Waals surface area (Å²) in [5.74, 6) is 0.440. The first-order chi connectivity index (χ1) is 15.4. The number of hydrogen-bond acceptors (Lipinski definition) is 7. The van der Waals surface area contributed by atoms with Crippen molar-refractivity contribution < 1.29 is 14.3 Å². The lowest BCUT2D eigenvalue weighted by Crippen LogP contribution is -2.28. The van der Waals surface area contributed by atoms with E-state index in [4.69, 9.17) is 4.74 Å². The minimum absolute atomic E-state index is 0.162. The first-order valence-corrected chi connectivity index (χ1v) is 10.5. The van der Waals surface area contributed by atoms with Crippen LogP contribution in [0.25, 0.3) is 22.8 Å². The molecule has 3 rings (SSSR count). The van der Waals surface area contributed by atoms with Gasteiger partial charge in [0.1, 0.15) is 5.60 Å².